The van der Waals surface area contributed by atoms with Crippen LogP contribution in [0.25, 0.3) is 11.0 Å². The van der Waals surface area contributed by atoms with Crippen molar-refractivity contribution >= 4 is 16.9 Å². The zero-order chi connectivity index (χ0) is 17.6. The van der Waals surface area contributed by atoms with Crippen molar-refractivity contribution in [2.75, 3.05) is 6.61 Å². The number of nitrogens with one attached hydrogen (secondary N) is 1. The number of aryl methyl sites for hydroxylation is 2. The van der Waals surface area contributed by atoms with Gasteiger partial charge in [-0.05, 0) is 43.2 Å². The van der Waals surface area contributed by atoms with Crippen molar-refractivity contribution < 1.29 is 9.53 Å². The first-order valence-electron chi connectivity index (χ1n) is 8.51. The Hall–Kier alpha value is -2.82. The second-order valence-electron chi connectivity index (χ2n) is 6.10. The zero-order valence-electron chi connectivity index (χ0n) is 14.7. The molecule has 1 aromatic heterocycles. The maximum absolute atomic E-state index is 11.2. The van der Waals surface area contributed by atoms with Gasteiger partial charge < -0.3 is 14.6 Å². The van der Waals surface area contributed by atoms with Gasteiger partial charge in [-0.15, -0.1) is 0 Å². The van der Waals surface area contributed by atoms with E-state index in [9.17, 15) is 4.79 Å². The van der Waals surface area contributed by atoms with E-state index in [1.165, 1.54) is 12.5 Å². The van der Waals surface area contributed by atoms with Gasteiger partial charge in [0.1, 0.15) is 11.6 Å². The zero-order valence-corrected chi connectivity index (χ0v) is 14.7. The number of ether oxygens (including phenoxy) is 1. The van der Waals surface area contributed by atoms with Gasteiger partial charge in [0.2, 0.25) is 5.91 Å². The molecular weight excluding hydrogens is 314 g/mol. The predicted octanol–water partition coefficient (Wildman–Crippen LogP) is 3.45. The number of rotatable bonds is 7. The Labute approximate surface area is 147 Å². The van der Waals surface area contributed by atoms with Crippen LogP contribution in [0.3, 0.4) is 0 Å². The Balaban J connectivity index is 1.67. The smallest absolute Gasteiger partial charge is 0.217 e. The Bertz CT molecular complexity index is 870. The first kappa shape index (κ1) is 17.0. The number of carbonyl (C=O) groups is 1. The number of fused-ring (bicyclic) bond motifs is 1. The van der Waals surface area contributed by atoms with Crippen molar-refractivity contribution in [2.24, 2.45) is 0 Å². The van der Waals surface area contributed by atoms with Crippen LogP contribution in [-0.2, 0) is 17.9 Å². The Kier molecular flexibility index (Phi) is 5.33. The van der Waals surface area contributed by atoms with E-state index in [1.54, 1.807) is 0 Å². The average Bonchev–Trinajstić information content (AvgIpc) is 2.95. The molecule has 3 rings (SSSR count). The third-order valence-corrected chi connectivity index (χ3v) is 4.01. The van der Waals surface area contributed by atoms with Crippen LogP contribution in [0.15, 0.2) is 48.5 Å². The first-order chi connectivity index (χ1) is 12.1. The number of benzene rings is 2. The Morgan fingerprint density at radius 1 is 1.20 bits per heavy atom. The summed E-state index contributed by atoms with van der Waals surface area (Å²) < 4.78 is 7.99. The van der Waals surface area contributed by atoms with E-state index >= 15 is 0 Å². The average molecular weight is 337 g/mol. The summed E-state index contributed by atoms with van der Waals surface area (Å²) in [6.45, 7) is 5.43. The Morgan fingerprint density at radius 3 is 2.84 bits per heavy atom. The van der Waals surface area contributed by atoms with Crippen LogP contribution < -0.4 is 10.1 Å². The van der Waals surface area contributed by atoms with E-state index in [1.807, 2.05) is 36.4 Å². The summed E-state index contributed by atoms with van der Waals surface area (Å²) in [5, 5.41) is 2.83. The highest BCUT2D eigenvalue weighted by Gasteiger charge is 2.10. The number of amides is 1. The fraction of sp³-hybridized carbons (Fsp3) is 0.300. The van der Waals surface area contributed by atoms with Crippen LogP contribution in [0.4, 0.5) is 0 Å². The summed E-state index contributed by atoms with van der Waals surface area (Å²) >= 11 is 0. The van der Waals surface area contributed by atoms with Crippen LogP contribution in [0.5, 0.6) is 5.75 Å². The van der Waals surface area contributed by atoms with Crippen molar-refractivity contribution in [3.8, 4) is 5.75 Å². The predicted molar refractivity (Wildman–Crippen MR) is 98.5 cm³/mol. The lowest BCUT2D eigenvalue weighted by molar-refractivity contribution is -0.119. The van der Waals surface area contributed by atoms with Gasteiger partial charge in [0.05, 0.1) is 24.2 Å². The molecule has 0 fully saturated rings. The van der Waals surface area contributed by atoms with Crippen LogP contribution in [0.1, 0.15) is 24.7 Å². The lowest BCUT2D eigenvalue weighted by Gasteiger charge is -2.11. The van der Waals surface area contributed by atoms with Crippen LogP contribution >= 0.6 is 0 Å². The summed E-state index contributed by atoms with van der Waals surface area (Å²) in [7, 11) is 0. The van der Waals surface area contributed by atoms with Gasteiger partial charge in [-0.3, -0.25) is 4.79 Å². The molecule has 130 valence electrons. The molecule has 25 heavy (non-hydrogen) atoms. The van der Waals surface area contributed by atoms with Crippen molar-refractivity contribution in [3.63, 3.8) is 0 Å². The highest BCUT2D eigenvalue weighted by atomic mass is 16.5. The summed E-state index contributed by atoms with van der Waals surface area (Å²) in [5.74, 6) is 1.71. The first-order valence-corrected chi connectivity index (χ1v) is 8.51. The lowest BCUT2D eigenvalue weighted by atomic mass is 10.2. The van der Waals surface area contributed by atoms with E-state index in [2.05, 4.69) is 33.9 Å². The number of aromatic nitrogens is 2. The summed E-state index contributed by atoms with van der Waals surface area (Å²) in [6, 6.07) is 16.1. The molecule has 0 aliphatic carbocycles. The van der Waals surface area contributed by atoms with Gasteiger partial charge >= 0.3 is 0 Å². The standard InChI is InChI=1S/C20H23N3O2/c1-15-7-5-8-17(13-15)25-12-6-11-23-19-10-4-3-9-18(19)22-20(23)14-21-16(2)24/h3-5,7-10,13H,6,11-12,14H2,1-2H3,(H,21,24). The molecule has 0 saturated carbocycles. The van der Waals surface area contributed by atoms with E-state index < -0.39 is 0 Å². The molecule has 0 bridgehead atoms. The number of para-hydroxylation sites is 2. The second kappa shape index (κ2) is 7.83. The summed E-state index contributed by atoms with van der Waals surface area (Å²) in [5.41, 5.74) is 3.22. The molecule has 0 aliphatic rings. The molecule has 1 N–H and O–H groups in total. The van der Waals surface area contributed by atoms with Crippen molar-refractivity contribution in [2.45, 2.75) is 33.4 Å². The topological polar surface area (TPSA) is 56.2 Å². The second-order valence-corrected chi connectivity index (χ2v) is 6.10. The minimum Gasteiger partial charge on any atom is -0.494 e. The fourth-order valence-electron chi connectivity index (χ4n) is 2.83. The maximum atomic E-state index is 11.2. The molecular formula is C20H23N3O2. The third-order valence-electron chi connectivity index (χ3n) is 4.01. The largest absolute Gasteiger partial charge is 0.494 e. The molecule has 2 aromatic carbocycles. The fourth-order valence-corrected chi connectivity index (χ4v) is 2.83. The quantitative estimate of drug-likeness (QED) is 0.672. The van der Waals surface area contributed by atoms with E-state index in [0.717, 1.165) is 35.6 Å². The van der Waals surface area contributed by atoms with Crippen molar-refractivity contribution in [3.05, 3.63) is 59.9 Å². The highest BCUT2D eigenvalue weighted by molar-refractivity contribution is 5.76. The van der Waals surface area contributed by atoms with Crippen molar-refractivity contribution in [1.82, 2.24) is 14.9 Å². The van der Waals surface area contributed by atoms with Gasteiger partial charge in [-0.1, -0.05) is 24.3 Å². The van der Waals surface area contributed by atoms with Gasteiger partial charge in [0, 0.05) is 13.5 Å². The molecule has 5 nitrogen and oxygen atoms in total. The molecule has 0 aliphatic heterocycles. The molecule has 0 spiro atoms. The number of nitrogens with zero attached hydrogens (tertiary/aromatic N) is 2. The number of imidazole rings is 1. The Morgan fingerprint density at radius 2 is 2.04 bits per heavy atom. The minimum absolute atomic E-state index is 0.0543. The van der Waals surface area contributed by atoms with Crippen LogP contribution in [0.2, 0.25) is 0 Å². The maximum Gasteiger partial charge on any atom is 0.217 e. The number of hydrogen-bond donors (Lipinski definition) is 1. The van der Waals surface area contributed by atoms with Crippen LogP contribution in [0, 0.1) is 6.92 Å². The molecule has 1 amide bonds. The van der Waals surface area contributed by atoms with E-state index in [4.69, 9.17) is 4.74 Å². The van der Waals surface area contributed by atoms with Gasteiger partial charge in [-0.25, -0.2) is 4.98 Å². The minimum atomic E-state index is -0.0543. The lowest BCUT2D eigenvalue weighted by Crippen LogP contribution is -2.22. The van der Waals surface area contributed by atoms with Gasteiger partial charge in [-0.2, -0.15) is 0 Å². The molecule has 0 radical (unpaired) electrons. The molecule has 1 heterocycles. The third kappa shape index (κ3) is 4.38. The molecule has 0 unspecified atom stereocenters. The summed E-state index contributed by atoms with van der Waals surface area (Å²) in [6.07, 6.45) is 0.862. The van der Waals surface area contributed by atoms with E-state index in [0.29, 0.717) is 13.2 Å². The molecule has 3 aromatic rings. The van der Waals surface area contributed by atoms with E-state index in [-0.39, 0.29) is 5.91 Å². The normalized spacial score (nSPS) is 10.8. The van der Waals surface area contributed by atoms with Crippen molar-refractivity contribution in [1.29, 1.82) is 0 Å². The molecule has 0 saturated heterocycles. The van der Waals surface area contributed by atoms with Crippen LogP contribution in [-0.4, -0.2) is 22.1 Å². The van der Waals surface area contributed by atoms with Gasteiger partial charge in [0.25, 0.3) is 0 Å². The van der Waals surface area contributed by atoms with Gasteiger partial charge in [0.15, 0.2) is 0 Å². The molecule has 5 heteroatoms. The highest BCUT2D eigenvalue weighted by Crippen LogP contribution is 2.17. The summed E-state index contributed by atoms with van der Waals surface area (Å²) in [4.78, 5) is 15.9. The number of hydrogen-bond acceptors (Lipinski definition) is 3. The number of carbonyl (C=O) groups excluding carboxylic acids is 1. The SMILES string of the molecule is CC(=O)NCc1nc2ccccc2n1CCCOc1cccc(C)c1. The molecule has 0 atom stereocenters. The monoisotopic (exact) mass is 337 g/mol.